The minimum absolute atomic E-state index is 0.0166. The second-order valence-electron chi connectivity index (χ2n) is 5.55. The van der Waals surface area contributed by atoms with E-state index in [-0.39, 0.29) is 24.4 Å². The first-order chi connectivity index (χ1) is 11.6. The second kappa shape index (κ2) is 5.75. The van der Waals surface area contributed by atoms with Crippen molar-refractivity contribution >= 4 is 22.4 Å². The molecule has 8 nitrogen and oxygen atoms in total. The van der Waals surface area contributed by atoms with E-state index in [2.05, 4.69) is 10.1 Å². The second-order valence-corrected chi connectivity index (χ2v) is 6.39. The van der Waals surface area contributed by atoms with Crippen LogP contribution in [0.1, 0.15) is 25.5 Å². The van der Waals surface area contributed by atoms with Crippen LogP contribution in [0.25, 0.3) is 11.7 Å². The summed E-state index contributed by atoms with van der Waals surface area (Å²) >= 11 is 1.39. The molecule has 0 aliphatic heterocycles. The molecular weight excluding hydrogens is 332 g/mol. The molecule has 0 aromatic carbocycles. The first kappa shape index (κ1) is 14.9. The minimum atomic E-state index is -0.582. The smallest absolute Gasteiger partial charge is 0.437 e. The maximum atomic E-state index is 11.9. The van der Waals surface area contributed by atoms with Gasteiger partial charge in [0.25, 0.3) is 5.89 Å². The molecule has 3 heterocycles. The molecule has 3 aromatic heterocycles. The van der Waals surface area contributed by atoms with Crippen molar-refractivity contribution in [2.24, 2.45) is 0 Å². The van der Waals surface area contributed by atoms with E-state index in [1.807, 2.05) is 5.38 Å². The van der Waals surface area contributed by atoms with Gasteiger partial charge in [-0.1, -0.05) is 0 Å². The van der Waals surface area contributed by atoms with Crippen LogP contribution >= 0.6 is 11.3 Å². The molecule has 0 spiro atoms. The molecule has 0 saturated heterocycles. The van der Waals surface area contributed by atoms with Gasteiger partial charge in [-0.3, -0.25) is 9.69 Å². The first-order valence-electron chi connectivity index (χ1n) is 7.48. The van der Waals surface area contributed by atoms with E-state index in [1.165, 1.54) is 29.2 Å². The van der Waals surface area contributed by atoms with Crippen LogP contribution < -0.4 is 10.7 Å². The number of amides is 1. The Morgan fingerprint density at radius 2 is 2.33 bits per heavy atom. The number of thiazole rings is 1. The predicted molar refractivity (Wildman–Crippen MR) is 85.9 cm³/mol. The number of rotatable bonds is 5. The molecule has 1 amide bonds. The summed E-state index contributed by atoms with van der Waals surface area (Å²) in [4.78, 5) is 29.9. The van der Waals surface area contributed by atoms with Gasteiger partial charge in [0, 0.05) is 18.3 Å². The van der Waals surface area contributed by atoms with Crippen molar-refractivity contribution in [1.82, 2.24) is 14.8 Å². The van der Waals surface area contributed by atoms with Crippen LogP contribution in [0, 0.1) is 0 Å². The van der Waals surface area contributed by atoms with Crippen LogP contribution in [0.2, 0.25) is 0 Å². The van der Waals surface area contributed by atoms with Crippen molar-refractivity contribution < 1.29 is 13.6 Å². The van der Waals surface area contributed by atoms with E-state index in [0.29, 0.717) is 16.6 Å². The lowest BCUT2D eigenvalue weighted by Gasteiger charge is -2.16. The van der Waals surface area contributed by atoms with Crippen molar-refractivity contribution in [2.75, 3.05) is 4.90 Å². The van der Waals surface area contributed by atoms with E-state index >= 15 is 0 Å². The highest BCUT2D eigenvalue weighted by atomic mass is 32.1. The van der Waals surface area contributed by atoms with Crippen LogP contribution in [0.4, 0.5) is 5.13 Å². The predicted octanol–water partition coefficient (Wildman–Crippen LogP) is 2.12. The summed E-state index contributed by atoms with van der Waals surface area (Å²) in [7, 11) is 0. The van der Waals surface area contributed by atoms with Crippen LogP contribution in [-0.4, -0.2) is 26.7 Å². The van der Waals surface area contributed by atoms with Gasteiger partial charge in [0.15, 0.2) is 10.9 Å². The van der Waals surface area contributed by atoms with E-state index in [4.69, 9.17) is 8.83 Å². The van der Waals surface area contributed by atoms with E-state index < -0.39 is 5.76 Å². The molecule has 3 aromatic rings. The summed E-state index contributed by atoms with van der Waals surface area (Å²) in [6.07, 6.45) is 3.49. The minimum Gasteiger partial charge on any atom is -0.459 e. The fourth-order valence-corrected chi connectivity index (χ4v) is 3.35. The van der Waals surface area contributed by atoms with Gasteiger partial charge in [0.1, 0.15) is 0 Å². The van der Waals surface area contributed by atoms with Crippen molar-refractivity contribution in [3.63, 3.8) is 0 Å². The Hall–Kier alpha value is -2.68. The van der Waals surface area contributed by atoms with Crippen LogP contribution in [0.15, 0.2) is 37.4 Å². The number of carbonyl (C=O) groups excluding carboxylic acids is 1. The summed E-state index contributed by atoms with van der Waals surface area (Å²) in [5.41, 5.74) is 0.656. The lowest BCUT2D eigenvalue weighted by atomic mass is 10.4. The van der Waals surface area contributed by atoms with Gasteiger partial charge < -0.3 is 8.83 Å². The molecule has 24 heavy (non-hydrogen) atoms. The van der Waals surface area contributed by atoms with Crippen molar-refractivity contribution in [1.29, 1.82) is 0 Å². The fraction of sp³-hybridized carbons (Fsp3) is 0.333. The summed E-state index contributed by atoms with van der Waals surface area (Å²) in [6, 6.07) is 3.61. The Bertz CT molecular complexity index is 920. The number of furan rings is 1. The normalized spacial score (nSPS) is 14.0. The number of hydrogen-bond donors (Lipinski definition) is 0. The van der Waals surface area contributed by atoms with Gasteiger partial charge in [0.2, 0.25) is 5.91 Å². The van der Waals surface area contributed by atoms with Gasteiger partial charge in [-0.15, -0.1) is 16.4 Å². The highest BCUT2D eigenvalue weighted by Gasteiger charge is 2.33. The number of carbonyl (C=O) groups is 1. The Morgan fingerprint density at radius 1 is 1.50 bits per heavy atom. The largest absolute Gasteiger partial charge is 0.459 e. The SMILES string of the molecule is CC(=O)N(c1nc(Cn2nc(-c3ccco3)oc2=O)cs1)C1CC1. The first-order valence-corrected chi connectivity index (χ1v) is 8.36. The average molecular weight is 346 g/mol. The third-order valence-electron chi connectivity index (χ3n) is 3.65. The van der Waals surface area contributed by atoms with Gasteiger partial charge >= 0.3 is 5.76 Å². The Labute approximate surface area is 140 Å². The molecule has 0 atom stereocenters. The quantitative estimate of drug-likeness (QED) is 0.702. The number of hydrogen-bond acceptors (Lipinski definition) is 7. The number of nitrogens with zero attached hydrogens (tertiary/aromatic N) is 4. The molecule has 4 rings (SSSR count). The topological polar surface area (TPSA) is 94.4 Å². The molecule has 124 valence electrons. The Morgan fingerprint density at radius 3 is 3.00 bits per heavy atom. The van der Waals surface area contributed by atoms with Gasteiger partial charge in [-0.25, -0.2) is 9.78 Å². The summed E-state index contributed by atoms with van der Waals surface area (Å²) in [6.45, 7) is 1.72. The third-order valence-corrected chi connectivity index (χ3v) is 4.54. The molecule has 1 aliphatic rings. The molecule has 0 bridgehead atoms. The zero-order valence-electron chi connectivity index (χ0n) is 12.8. The summed E-state index contributed by atoms with van der Waals surface area (Å²) in [5.74, 6) is -0.0798. The maximum absolute atomic E-state index is 11.9. The monoisotopic (exact) mass is 346 g/mol. The Kier molecular flexibility index (Phi) is 3.57. The standard InChI is InChI=1S/C15H14N4O4S/c1-9(20)19(11-4-5-11)14-16-10(8-24-14)7-18-15(21)23-13(17-18)12-3-2-6-22-12/h2-3,6,8,11H,4-5,7H2,1H3. The lowest BCUT2D eigenvalue weighted by molar-refractivity contribution is -0.116. The highest BCUT2D eigenvalue weighted by Crippen LogP contribution is 2.33. The van der Waals surface area contributed by atoms with E-state index in [0.717, 1.165) is 12.8 Å². The van der Waals surface area contributed by atoms with Crippen molar-refractivity contribution in [3.8, 4) is 11.7 Å². The summed E-state index contributed by atoms with van der Waals surface area (Å²) in [5, 5.41) is 6.59. The molecule has 1 aliphatic carbocycles. The molecule has 0 unspecified atom stereocenters. The molecule has 1 fully saturated rings. The molecular formula is C15H14N4O4S. The average Bonchev–Trinajstić information content (AvgIpc) is 2.95. The van der Waals surface area contributed by atoms with Crippen LogP contribution in [0.5, 0.6) is 0 Å². The zero-order chi connectivity index (χ0) is 16.7. The highest BCUT2D eigenvalue weighted by molar-refractivity contribution is 7.14. The molecule has 0 N–H and O–H groups in total. The van der Waals surface area contributed by atoms with Gasteiger partial charge in [-0.2, -0.15) is 4.68 Å². The fourth-order valence-electron chi connectivity index (χ4n) is 2.42. The summed E-state index contributed by atoms with van der Waals surface area (Å²) < 4.78 is 11.4. The zero-order valence-corrected chi connectivity index (χ0v) is 13.7. The third kappa shape index (κ3) is 2.78. The molecule has 9 heteroatoms. The Balaban J connectivity index is 1.56. The molecule has 1 saturated carbocycles. The molecule has 0 radical (unpaired) electrons. The number of aromatic nitrogens is 3. The lowest BCUT2D eigenvalue weighted by Crippen LogP contribution is -2.30. The number of anilines is 1. The van der Waals surface area contributed by atoms with Gasteiger partial charge in [0.05, 0.1) is 18.5 Å². The maximum Gasteiger partial charge on any atom is 0.437 e. The van der Waals surface area contributed by atoms with Crippen molar-refractivity contribution in [3.05, 3.63) is 40.0 Å². The van der Waals surface area contributed by atoms with E-state index in [9.17, 15) is 9.59 Å². The van der Waals surface area contributed by atoms with Crippen LogP contribution in [0.3, 0.4) is 0 Å². The van der Waals surface area contributed by atoms with E-state index in [1.54, 1.807) is 17.0 Å². The van der Waals surface area contributed by atoms with Crippen molar-refractivity contribution in [2.45, 2.75) is 32.4 Å². The van der Waals surface area contributed by atoms with Gasteiger partial charge in [-0.05, 0) is 25.0 Å². The van der Waals surface area contributed by atoms with Crippen LogP contribution in [-0.2, 0) is 11.3 Å².